The van der Waals surface area contributed by atoms with Crippen molar-refractivity contribution >= 4 is 0 Å². The fourth-order valence-electron chi connectivity index (χ4n) is 0.250. The summed E-state index contributed by atoms with van der Waals surface area (Å²) in [7, 11) is 0. The van der Waals surface area contributed by atoms with Gasteiger partial charge >= 0.3 is 0 Å². The summed E-state index contributed by atoms with van der Waals surface area (Å²) >= 11 is 0. The van der Waals surface area contributed by atoms with Crippen LogP contribution in [0.5, 0.6) is 0 Å². The minimum absolute atomic E-state index is 0.750. The van der Waals surface area contributed by atoms with Gasteiger partial charge in [0.25, 0.3) is 0 Å². The molecule has 0 unspecified atom stereocenters. The molecular weight excluding hydrogens is 108 g/mol. The van der Waals surface area contributed by atoms with Crippen LogP contribution < -0.4 is 11.0 Å². The summed E-state index contributed by atoms with van der Waals surface area (Å²) in [5, 5.41) is 16.9. The first-order valence-electron chi connectivity index (χ1n) is 2.57. The van der Waals surface area contributed by atoms with Crippen molar-refractivity contribution in [3.05, 3.63) is 0 Å². The first-order valence-corrected chi connectivity index (χ1v) is 2.57. The molecule has 4 N–H and O–H groups in total. The van der Waals surface area contributed by atoms with E-state index in [0.29, 0.717) is 0 Å². The lowest BCUT2D eigenvalue weighted by atomic mass is 10.7. The molecule has 52 valence electrons. The van der Waals surface area contributed by atoms with Crippen LogP contribution in [0, 0.1) is 0 Å². The predicted molar refractivity (Wildman–Crippen MR) is 30.9 cm³/mol. The molecule has 0 amide bonds. The summed E-state index contributed by atoms with van der Waals surface area (Å²) in [6, 6.07) is 0. The molecule has 4 heteroatoms. The highest BCUT2D eigenvalue weighted by Gasteiger charge is 1.62. The Kier molecular flexibility index (Phi) is 21.3. The van der Waals surface area contributed by atoms with Gasteiger partial charge in [0.1, 0.15) is 0 Å². The maximum Gasteiger partial charge on any atom is -0.00775 e. The van der Waals surface area contributed by atoms with Crippen LogP contribution in [0.25, 0.3) is 0 Å². The van der Waals surface area contributed by atoms with E-state index in [4.69, 9.17) is 10.4 Å². The van der Waals surface area contributed by atoms with Crippen LogP contribution in [0.3, 0.4) is 0 Å². The molecule has 0 bridgehead atoms. The third-order valence-corrected chi connectivity index (χ3v) is 0.500. The van der Waals surface area contributed by atoms with Gasteiger partial charge in [-0.25, -0.2) is 0 Å². The van der Waals surface area contributed by atoms with Crippen LogP contribution in [-0.2, 0) is 0 Å². The van der Waals surface area contributed by atoms with Crippen LogP contribution >= 0.6 is 0 Å². The number of hydrogen-bond acceptors (Lipinski definition) is 4. The van der Waals surface area contributed by atoms with Gasteiger partial charge in [-0.3, -0.25) is 10.4 Å². The van der Waals surface area contributed by atoms with Crippen molar-refractivity contribution in [3.8, 4) is 0 Å². The van der Waals surface area contributed by atoms with Crippen LogP contribution in [-0.4, -0.2) is 23.5 Å². The molecule has 0 aliphatic rings. The van der Waals surface area contributed by atoms with Gasteiger partial charge in [0.15, 0.2) is 0 Å². The van der Waals surface area contributed by atoms with E-state index in [2.05, 4.69) is 19.2 Å². The molecule has 0 heterocycles. The smallest absolute Gasteiger partial charge is 0.00775 e. The molecule has 0 fully saturated rings. The van der Waals surface area contributed by atoms with E-state index >= 15 is 0 Å². The average molecular weight is 122 g/mol. The van der Waals surface area contributed by atoms with E-state index in [0.717, 1.165) is 18.7 Å². The molecule has 0 saturated heterocycles. The van der Waals surface area contributed by atoms with Crippen molar-refractivity contribution < 1.29 is 10.4 Å². The van der Waals surface area contributed by atoms with Crippen molar-refractivity contribution in [2.75, 3.05) is 13.1 Å². The molecule has 0 aromatic carbocycles. The van der Waals surface area contributed by atoms with E-state index in [1.807, 2.05) is 0 Å². The second-order valence-electron chi connectivity index (χ2n) is 1.06. The van der Waals surface area contributed by atoms with Crippen molar-refractivity contribution in [2.24, 2.45) is 0 Å². The molecule has 8 heavy (non-hydrogen) atoms. The van der Waals surface area contributed by atoms with Crippen molar-refractivity contribution in [1.82, 2.24) is 11.0 Å². The molecule has 4 nitrogen and oxygen atoms in total. The molecular formula is C4H14N2O2. The summed E-state index contributed by atoms with van der Waals surface area (Å²) in [4.78, 5) is 0. The van der Waals surface area contributed by atoms with Gasteiger partial charge in [0, 0.05) is 0 Å². The highest BCUT2D eigenvalue weighted by atomic mass is 16.7. The Hall–Kier alpha value is -0.160. The third kappa shape index (κ3) is 40.4. The van der Waals surface area contributed by atoms with E-state index in [1.165, 1.54) is 0 Å². The highest BCUT2D eigenvalue weighted by Crippen LogP contribution is 1.47. The van der Waals surface area contributed by atoms with Gasteiger partial charge in [0.2, 0.25) is 0 Å². The van der Waals surface area contributed by atoms with Gasteiger partial charge in [-0.2, -0.15) is 0 Å². The quantitative estimate of drug-likeness (QED) is 0.388. The fourth-order valence-corrected chi connectivity index (χ4v) is 0.250. The molecule has 0 aromatic heterocycles. The average Bonchev–Trinajstić information content (AvgIpc) is 1.71. The van der Waals surface area contributed by atoms with Crippen LogP contribution in [0.4, 0.5) is 0 Å². The summed E-state index contributed by atoms with van der Waals surface area (Å²) in [6.45, 7) is 6.39. The van der Waals surface area contributed by atoms with Gasteiger partial charge < -0.3 is 5.32 Å². The summed E-state index contributed by atoms with van der Waals surface area (Å²) in [5.74, 6) is 0. The second kappa shape index (κ2) is 15.8. The normalized spacial score (nSPS) is 7.50. The number of nitrogens with one attached hydrogen (secondary N) is 2. The molecule has 0 saturated carbocycles. The van der Waals surface area contributed by atoms with Crippen LogP contribution in [0.15, 0.2) is 0 Å². The molecule has 0 atom stereocenters. The predicted octanol–water partition coefficient (Wildman–Crippen LogP) is -0.0298. The maximum atomic E-state index is 6.88. The standard InChI is InChI=1S/C4H11N.H3NO2/c1-3-5-4-2;2-1-3/h5H,3-4H2,1-2H3;1-3H. The molecule has 0 radical (unpaired) electrons. The lowest BCUT2D eigenvalue weighted by molar-refractivity contribution is -0.0678. The SMILES string of the molecule is CCNCC.ONO. The largest absolute Gasteiger partial charge is 0.317 e. The number of rotatable bonds is 2. The van der Waals surface area contributed by atoms with E-state index in [9.17, 15) is 0 Å². The van der Waals surface area contributed by atoms with Gasteiger partial charge in [-0.05, 0) is 13.1 Å². The third-order valence-electron chi connectivity index (χ3n) is 0.500. The minimum atomic E-state index is 0.750. The molecule has 0 rings (SSSR count). The molecule has 0 aromatic rings. The highest BCUT2D eigenvalue weighted by molar-refractivity contribution is 4.27. The van der Waals surface area contributed by atoms with Crippen LogP contribution in [0.2, 0.25) is 0 Å². The van der Waals surface area contributed by atoms with E-state index in [-0.39, 0.29) is 0 Å². The monoisotopic (exact) mass is 122 g/mol. The summed E-state index contributed by atoms with van der Waals surface area (Å²) in [6.07, 6.45) is 0. The Morgan fingerprint density at radius 1 is 1.12 bits per heavy atom. The Labute approximate surface area is 49.4 Å². The van der Waals surface area contributed by atoms with Crippen molar-refractivity contribution in [1.29, 1.82) is 0 Å². The lowest BCUT2D eigenvalue weighted by Gasteiger charge is -1.86. The van der Waals surface area contributed by atoms with Crippen molar-refractivity contribution in [2.45, 2.75) is 13.8 Å². The van der Waals surface area contributed by atoms with E-state index in [1.54, 1.807) is 0 Å². The molecule has 0 aliphatic carbocycles. The lowest BCUT2D eigenvalue weighted by Crippen LogP contribution is -2.09. The zero-order valence-electron chi connectivity index (χ0n) is 5.31. The van der Waals surface area contributed by atoms with Crippen LogP contribution in [0.1, 0.15) is 13.8 Å². The van der Waals surface area contributed by atoms with Crippen molar-refractivity contribution in [3.63, 3.8) is 0 Å². The maximum absolute atomic E-state index is 6.88. The zero-order valence-corrected chi connectivity index (χ0v) is 5.31. The zero-order chi connectivity index (χ0) is 6.83. The Bertz CT molecular complexity index is 26.0. The Morgan fingerprint density at radius 3 is 1.38 bits per heavy atom. The van der Waals surface area contributed by atoms with Gasteiger partial charge in [-0.1, -0.05) is 19.5 Å². The molecule has 0 aliphatic heterocycles. The summed E-state index contributed by atoms with van der Waals surface area (Å²) in [5.41, 5.74) is 0.750. The van der Waals surface area contributed by atoms with E-state index < -0.39 is 0 Å². The first kappa shape index (κ1) is 10.8. The minimum Gasteiger partial charge on any atom is -0.317 e. The van der Waals surface area contributed by atoms with Gasteiger partial charge in [0.05, 0.1) is 0 Å². The fraction of sp³-hybridized carbons (Fsp3) is 1.00. The summed E-state index contributed by atoms with van der Waals surface area (Å²) < 4.78 is 0. The topological polar surface area (TPSA) is 64.5 Å². The molecule has 0 spiro atoms. The Morgan fingerprint density at radius 2 is 1.38 bits per heavy atom. The first-order chi connectivity index (χ1) is 3.83. The Balaban J connectivity index is 0. The second-order valence-corrected chi connectivity index (χ2v) is 1.06. The number of hydrogen-bond donors (Lipinski definition) is 4. The van der Waals surface area contributed by atoms with Gasteiger partial charge in [-0.15, -0.1) is 0 Å².